The van der Waals surface area contributed by atoms with Crippen LogP contribution < -0.4 is 5.73 Å². The van der Waals surface area contributed by atoms with Crippen molar-refractivity contribution >= 4 is 11.7 Å². The van der Waals surface area contributed by atoms with Crippen molar-refractivity contribution < 1.29 is 9.53 Å². The van der Waals surface area contributed by atoms with Crippen molar-refractivity contribution in [2.24, 2.45) is 5.92 Å². The highest BCUT2D eigenvalue weighted by molar-refractivity contribution is 5.89. The Balaban J connectivity index is 2.03. The lowest BCUT2D eigenvalue weighted by Gasteiger charge is -2.26. The Labute approximate surface area is 114 Å². The number of hydrogen-bond acceptors (Lipinski definition) is 3. The van der Waals surface area contributed by atoms with Gasteiger partial charge < -0.3 is 15.0 Å². The van der Waals surface area contributed by atoms with E-state index in [9.17, 15) is 4.79 Å². The number of esters is 1. The van der Waals surface area contributed by atoms with Crippen LogP contribution in [0, 0.1) is 5.92 Å². The molecule has 19 heavy (non-hydrogen) atoms. The zero-order valence-electron chi connectivity index (χ0n) is 12.1. The largest absolute Gasteiger partial charge is 0.458 e. The van der Waals surface area contributed by atoms with Crippen LogP contribution in [0.3, 0.4) is 0 Å². The molecule has 2 rings (SSSR count). The average molecular weight is 264 g/mol. The third-order valence-electron chi connectivity index (χ3n) is 3.87. The smallest absolute Gasteiger partial charge is 0.355 e. The first-order chi connectivity index (χ1) is 8.97. The Morgan fingerprint density at radius 1 is 1.37 bits per heavy atom. The van der Waals surface area contributed by atoms with Crippen molar-refractivity contribution in [3.63, 3.8) is 0 Å². The van der Waals surface area contributed by atoms with Crippen molar-refractivity contribution in [1.82, 2.24) is 4.57 Å². The molecule has 1 aliphatic rings. The van der Waals surface area contributed by atoms with Crippen molar-refractivity contribution in [2.45, 2.75) is 58.6 Å². The van der Waals surface area contributed by atoms with Gasteiger partial charge >= 0.3 is 5.97 Å². The first-order valence-corrected chi connectivity index (χ1v) is 7.15. The predicted molar refractivity (Wildman–Crippen MR) is 76.1 cm³/mol. The number of anilines is 1. The molecule has 2 N–H and O–H groups in total. The molecule has 0 unspecified atom stereocenters. The molecule has 0 radical (unpaired) electrons. The van der Waals surface area contributed by atoms with Crippen LogP contribution in [0.15, 0.2) is 12.3 Å². The molecule has 1 aromatic heterocycles. The number of aromatic nitrogens is 1. The lowest BCUT2D eigenvalue weighted by atomic mass is 9.89. The first kappa shape index (κ1) is 14.0. The molecule has 0 atom stereocenters. The van der Waals surface area contributed by atoms with Crippen LogP contribution in [-0.2, 0) is 4.74 Å². The predicted octanol–water partition coefficient (Wildman–Crippen LogP) is 3.39. The lowest BCUT2D eigenvalue weighted by Crippen LogP contribution is -2.25. The monoisotopic (exact) mass is 264 g/mol. The minimum Gasteiger partial charge on any atom is -0.458 e. The van der Waals surface area contributed by atoms with Gasteiger partial charge in [0.25, 0.3) is 0 Å². The van der Waals surface area contributed by atoms with Gasteiger partial charge in [-0.15, -0.1) is 0 Å². The van der Waals surface area contributed by atoms with Crippen molar-refractivity contribution in [2.75, 3.05) is 5.73 Å². The summed E-state index contributed by atoms with van der Waals surface area (Å²) in [5.74, 6) is 0.509. The Bertz CT molecular complexity index is 443. The fourth-order valence-corrected chi connectivity index (χ4v) is 2.65. The van der Waals surface area contributed by atoms with Crippen molar-refractivity contribution in [1.29, 1.82) is 0 Å². The van der Waals surface area contributed by atoms with Gasteiger partial charge in [0.2, 0.25) is 0 Å². The number of carbonyl (C=O) groups is 1. The van der Waals surface area contributed by atoms with Crippen molar-refractivity contribution in [3.8, 4) is 0 Å². The zero-order valence-corrected chi connectivity index (χ0v) is 12.1. The van der Waals surface area contributed by atoms with E-state index in [0.717, 1.165) is 31.6 Å². The number of nitrogen functional groups attached to an aromatic ring is 1. The molecule has 0 bridgehead atoms. The summed E-state index contributed by atoms with van der Waals surface area (Å²) in [6, 6.07) is 1.90. The Kier molecular flexibility index (Phi) is 4.17. The van der Waals surface area contributed by atoms with Gasteiger partial charge in [-0.3, -0.25) is 0 Å². The summed E-state index contributed by atoms with van der Waals surface area (Å²) in [6.45, 7) is 6.31. The van der Waals surface area contributed by atoms with E-state index in [1.807, 2.05) is 18.4 Å². The van der Waals surface area contributed by atoms with Crippen LogP contribution in [0.4, 0.5) is 5.69 Å². The number of ether oxygens (including phenoxy) is 1. The molecule has 4 heteroatoms. The van der Waals surface area contributed by atoms with Crippen LogP contribution >= 0.6 is 0 Å². The summed E-state index contributed by atoms with van der Waals surface area (Å²) in [4.78, 5) is 12.2. The van der Waals surface area contributed by atoms with Gasteiger partial charge in [-0.2, -0.15) is 0 Å². The van der Waals surface area contributed by atoms with Gasteiger partial charge in [-0.05, 0) is 51.5 Å². The number of nitrogens with zero attached hydrogens (tertiary/aromatic N) is 1. The highest BCUT2D eigenvalue weighted by Crippen LogP contribution is 2.27. The maximum Gasteiger partial charge on any atom is 0.355 e. The van der Waals surface area contributed by atoms with Gasteiger partial charge in [0, 0.05) is 12.2 Å². The van der Waals surface area contributed by atoms with Gasteiger partial charge in [-0.1, -0.05) is 6.92 Å². The first-order valence-electron chi connectivity index (χ1n) is 7.15. The quantitative estimate of drug-likeness (QED) is 0.851. The third-order valence-corrected chi connectivity index (χ3v) is 3.87. The second-order valence-corrected chi connectivity index (χ2v) is 5.95. The van der Waals surface area contributed by atoms with Crippen LogP contribution in [0.5, 0.6) is 0 Å². The van der Waals surface area contributed by atoms with E-state index in [1.54, 1.807) is 12.3 Å². The van der Waals surface area contributed by atoms with Gasteiger partial charge in [0.05, 0.1) is 5.69 Å². The summed E-state index contributed by atoms with van der Waals surface area (Å²) >= 11 is 0. The molecule has 106 valence electrons. The summed E-state index contributed by atoms with van der Waals surface area (Å²) in [7, 11) is 0. The minimum atomic E-state index is -0.245. The summed E-state index contributed by atoms with van der Waals surface area (Å²) in [5, 5.41) is 0. The van der Waals surface area contributed by atoms with E-state index >= 15 is 0 Å². The maximum absolute atomic E-state index is 12.2. The molecule has 1 fully saturated rings. The van der Waals surface area contributed by atoms with E-state index in [4.69, 9.17) is 10.5 Å². The van der Waals surface area contributed by atoms with E-state index < -0.39 is 0 Å². The molecule has 1 aliphatic carbocycles. The van der Waals surface area contributed by atoms with Crippen LogP contribution in [-0.4, -0.2) is 16.6 Å². The van der Waals surface area contributed by atoms with E-state index in [2.05, 4.69) is 6.92 Å². The molecule has 1 aromatic rings. The molecular formula is C15H24N2O2. The van der Waals surface area contributed by atoms with E-state index in [-0.39, 0.29) is 18.1 Å². The molecule has 0 amide bonds. The normalized spacial score (nSPS) is 23.6. The fourth-order valence-electron chi connectivity index (χ4n) is 2.65. The molecule has 1 heterocycles. The van der Waals surface area contributed by atoms with Crippen LogP contribution in [0.25, 0.3) is 0 Å². The second kappa shape index (κ2) is 5.68. The Morgan fingerprint density at radius 2 is 2.00 bits per heavy atom. The van der Waals surface area contributed by atoms with Gasteiger partial charge in [0.15, 0.2) is 0 Å². The average Bonchev–Trinajstić information content (AvgIpc) is 2.74. The van der Waals surface area contributed by atoms with Crippen LogP contribution in [0.2, 0.25) is 0 Å². The Hall–Kier alpha value is -1.45. The summed E-state index contributed by atoms with van der Waals surface area (Å²) in [5.41, 5.74) is 6.95. The van der Waals surface area contributed by atoms with Crippen molar-refractivity contribution in [3.05, 3.63) is 18.0 Å². The fraction of sp³-hybridized carbons (Fsp3) is 0.667. The molecule has 4 nitrogen and oxygen atoms in total. The highest BCUT2D eigenvalue weighted by Gasteiger charge is 2.24. The topological polar surface area (TPSA) is 57.2 Å². The Morgan fingerprint density at radius 3 is 2.58 bits per heavy atom. The number of rotatable bonds is 3. The summed E-state index contributed by atoms with van der Waals surface area (Å²) in [6.07, 6.45) is 6.11. The second-order valence-electron chi connectivity index (χ2n) is 5.95. The van der Waals surface area contributed by atoms with E-state index in [1.165, 1.54) is 0 Å². The minimum absolute atomic E-state index is 0.0698. The molecule has 0 spiro atoms. The number of nitrogens with two attached hydrogens (primary N) is 1. The maximum atomic E-state index is 12.2. The SMILES string of the molecule is CC1CCC(OC(=O)c2cc(N)cn2C(C)C)CC1. The van der Waals surface area contributed by atoms with Crippen LogP contribution in [0.1, 0.15) is 63.0 Å². The van der Waals surface area contributed by atoms with Gasteiger partial charge in [-0.25, -0.2) is 4.79 Å². The lowest BCUT2D eigenvalue weighted by molar-refractivity contribution is 0.0161. The highest BCUT2D eigenvalue weighted by atomic mass is 16.5. The van der Waals surface area contributed by atoms with Gasteiger partial charge in [0.1, 0.15) is 11.8 Å². The number of carbonyl (C=O) groups excluding carboxylic acids is 1. The van der Waals surface area contributed by atoms with E-state index in [0.29, 0.717) is 11.4 Å². The standard InChI is InChI=1S/C15H24N2O2/c1-10(2)17-9-12(16)8-14(17)15(18)19-13-6-4-11(3)5-7-13/h8-11,13H,4-7,16H2,1-3H3. The molecular weight excluding hydrogens is 240 g/mol. The third kappa shape index (κ3) is 3.31. The molecule has 1 saturated carbocycles. The zero-order chi connectivity index (χ0) is 14.0. The molecule has 0 saturated heterocycles. The molecule has 0 aromatic carbocycles. The number of hydrogen-bond donors (Lipinski definition) is 1. The summed E-state index contributed by atoms with van der Waals surface area (Å²) < 4.78 is 7.49. The molecule has 0 aliphatic heterocycles.